The van der Waals surface area contributed by atoms with Gasteiger partial charge in [0, 0.05) is 18.3 Å². The minimum Gasteiger partial charge on any atom is -0.381 e. The molecule has 0 aromatic heterocycles. The molecule has 33 heavy (non-hydrogen) atoms. The monoisotopic (exact) mass is 498 g/mol. The molecule has 0 fully saturated rings. The smallest absolute Gasteiger partial charge is 0.381 e. The summed E-state index contributed by atoms with van der Waals surface area (Å²) < 4.78 is 96.3. The molecule has 0 radical (unpaired) electrons. The van der Waals surface area contributed by atoms with Crippen molar-refractivity contribution in [2.24, 2.45) is 5.92 Å². The molecule has 0 bridgehead atoms. The Bertz CT molecular complexity index is 960. The molecule has 2 aromatic carbocycles. The normalized spacial score (nSPS) is 13.1. The van der Waals surface area contributed by atoms with Crippen molar-refractivity contribution in [3.63, 3.8) is 0 Å². The molecule has 2 rings (SSSR count). The molecule has 0 amide bonds. The standard InChI is InChI=1S/C19H23F3N2O2S.C2HF3O/c1-14(2)18(24-17-10-8-16(9-11-17)19(20,21)22)12-23-27(25,26)13-15-6-4-3-5-7-15;3-2(4,5)1-6/h3-11,14,18,23-24H,12-13H2,1-2H3;1H/t18-;/m0./s1. The molecule has 1 atom stereocenters. The second-order valence-corrected chi connectivity index (χ2v) is 9.13. The maximum Gasteiger partial charge on any atom is 0.446 e. The van der Waals surface area contributed by atoms with Gasteiger partial charge in [-0.2, -0.15) is 26.3 Å². The largest absolute Gasteiger partial charge is 0.446 e. The summed E-state index contributed by atoms with van der Waals surface area (Å²) >= 11 is 0. The average molecular weight is 498 g/mol. The maximum atomic E-state index is 12.6. The lowest BCUT2D eigenvalue weighted by molar-refractivity contribution is -0.156. The molecule has 0 unspecified atom stereocenters. The Morgan fingerprint density at radius 3 is 1.85 bits per heavy atom. The number of rotatable bonds is 8. The van der Waals surface area contributed by atoms with Crippen molar-refractivity contribution in [3.8, 4) is 0 Å². The van der Waals surface area contributed by atoms with Gasteiger partial charge in [-0.15, -0.1) is 0 Å². The minimum absolute atomic E-state index is 0.0618. The van der Waals surface area contributed by atoms with Gasteiger partial charge in [0.2, 0.25) is 16.3 Å². The van der Waals surface area contributed by atoms with Crippen LogP contribution in [-0.2, 0) is 26.7 Å². The topological polar surface area (TPSA) is 75.3 Å². The fraction of sp³-hybridized carbons (Fsp3) is 0.381. The zero-order valence-corrected chi connectivity index (χ0v) is 18.6. The molecule has 0 aliphatic rings. The predicted molar refractivity (Wildman–Crippen MR) is 113 cm³/mol. The number of sulfonamides is 1. The molecule has 5 nitrogen and oxygen atoms in total. The second kappa shape index (κ2) is 12.0. The Kier molecular flexibility index (Phi) is 10.4. The van der Waals surface area contributed by atoms with E-state index in [4.69, 9.17) is 4.79 Å². The number of anilines is 1. The lowest BCUT2D eigenvalue weighted by Gasteiger charge is -2.24. The van der Waals surface area contributed by atoms with E-state index in [0.29, 0.717) is 11.3 Å². The maximum absolute atomic E-state index is 12.6. The van der Waals surface area contributed by atoms with Crippen LogP contribution in [-0.4, -0.2) is 33.5 Å². The Morgan fingerprint density at radius 2 is 1.42 bits per heavy atom. The van der Waals surface area contributed by atoms with Crippen LogP contribution in [0.1, 0.15) is 25.0 Å². The number of halogens is 6. The first-order valence-corrected chi connectivity index (χ1v) is 11.3. The van der Waals surface area contributed by atoms with E-state index in [9.17, 15) is 34.8 Å². The Morgan fingerprint density at radius 1 is 0.909 bits per heavy atom. The zero-order valence-electron chi connectivity index (χ0n) is 17.7. The summed E-state index contributed by atoms with van der Waals surface area (Å²) in [6.45, 7) is 3.95. The summed E-state index contributed by atoms with van der Waals surface area (Å²) in [7, 11) is -3.52. The highest BCUT2D eigenvalue weighted by atomic mass is 32.2. The van der Waals surface area contributed by atoms with Gasteiger partial charge in [0.05, 0.1) is 11.3 Å². The number of carbonyl (C=O) groups is 1. The Labute approximate surface area is 188 Å². The number of alkyl halides is 6. The van der Waals surface area contributed by atoms with Gasteiger partial charge in [-0.1, -0.05) is 44.2 Å². The average Bonchev–Trinajstić information content (AvgIpc) is 2.71. The van der Waals surface area contributed by atoms with Crippen LogP contribution in [0.25, 0.3) is 0 Å². The Balaban J connectivity index is 0.000000801. The lowest BCUT2D eigenvalue weighted by atomic mass is 10.0. The van der Waals surface area contributed by atoms with Crippen LogP contribution in [0.15, 0.2) is 54.6 Å². The fourth-order valence-corrected chi connectivity index (χ4v) is 3.65. The van der Waals surface area contributed by atoms with Crippen molar-refractivity contribution in [1.82, 2.24) is 4.72 Å². The SMILES string of the molecule is CC(C)[C@H](CNS(=O)(=O)Cc1ccccc1)Nc1ccc(C(F)(F)F)cc1.O=CC(F)(F)F. The quantitative estimate of drug-likeness (QED) is 0.397. The van der Waals surface area contributed by atoms with Crippen molar-refractivity contribution in [2.45, 2.75) is 38.0 Å². The molecule has 2 N–H and O–H groups in total. The van der Waals surface area contributed by atoms with Crippen LogP contribution in [0, 0.1) is 5.92 Å². The first kappa shape index (κ1) is 28.4. The van der Waals surface area contributed by atoms with E-state index in [1.165, 1.54) is 12.1 Å². The van der Waals surface area contributed by atoms with E-state index >= 15 is 0 Å². The van der Waals surface area contributed by atoms with E-state index in [1.807, 2.05) is 19.9 Å². The number of hydrogen-bond acceptors (Lipinski definition) is 4. The molecule has 0 saturated carbocycles. The Hall–Kier alpha value is -2.60. The summed E-state index contributed by atoms with van der Waals surface area (Å²) in [5.41, 5.74) is 0.462. The number of nitrogens with one attached hydrogen (secondary N) is 2. The van der Waals surface area contributed by atoms with E-state index in [-0.39, 0.29) is 24.3 Å². The van der Waals surface area contributed by atoms with Gasteiger partial charge in [0.1, 0.15) is 0 Å². The van der Waals surface area contributed by atoms with E-state index in [2.05, 4.69) is 10.0 Å². The highest BCUT2D eigenvalue weighted by Crippen LogP contribution is 2.30. The summed E-state index contributed by atoms with van der Waals surface area (Å²) in [5.74, 6) is -0.0643. The van der Waals surface area contributed by atoms with Gasteiger partial charge in [-0.3, -0.25) is 4.79 Å². The molecular weight excluding hydrogens is 474 g/mol. The van der Waals surface area contributed by atoms with Gasteiger partial charge in [0.25, 0.3) is 0 Å². The molecule has 0 heterocycles. The van der Waals surface area contributed by atoms with E-state index in [1.54, 1.807) is 24.3 Å². The number of hydrogen-bond donors (Lipinski definition) is 2. The van der Waals surface area contributed by atoms with Gasteiger partial charge in [-0.05, 0) is 35.7 Å². The molecule has 184 valence electrons. The zero-order chi connectivity index (χ0) is 25.3. The van der Waals surface area contributed by atoms with Gasteiger partial charge in [0.15, 0.2) is 0 Å². The van der Waals surface area contributed by atoms with Crippen molar-refractivity contribution in [3.05, 3.63) is 65.7 Å². The van der Waals surface area contributed by atoms with Crippen LogP contribution in [0.5, 0.6) is 0 Å². The first-order chi connectivity index (χ1) is 15.1. The van der Waals surface area contributed by atoms with Crippen LogP contribution < -0.4 is 10.0 Å². The molecule has 2 aromatic rings. The highest BCUT2D eigenvalue weighted by molar-refractivity contribution is 7.88. The van der Waals surface area contributed by atoms with Crippen LogP contribution in [0.2, 0.25) is 0 Å². The summed E-state index contributed by atoms with van der Waals surface area (Å²) in [6.07, 6.45) is -10.1. The summed E-state index contributed by atoms with van der Waals surface area (Å²) in [5, 5.41) is 3.10. The lowest BCUT2D eigenvalue weighted by Crippen LogP contribution is -2.40. The van der Waals surface area contributed by atoms with Gasteiger partial charge < -0.3 is 5.32 Å². The minimum atomic E-state index is -4.64. The molecule has 0 aliphatic heterocycles. The van der Waals surface area contributed by atoms with Crippen LogP contribution in [0.4, 0.5) is 32.0 Å². The fourth-order valence-electron chi connectivity index (χ4n) is 2.48. The summed E-state index contributed by atoms with van der Waals surface area (Å²) in [4.78, 5) is 8.70. The highest BCUT2D eigenvalue weighted by Gasteiger charge is 2.30. The molecule has 12 heteroatoms. The predicted octanol–water partition coefficient (Wildman–Crippen LogP) is 5.01. The van der Waals surface area contributed by atoms with Crippen molar-refractivity contribution < 1.29 is 39.6 Å². The molecule has 0 aliphatic carbocycles. The summed E-state index contributed by atoms with van der Waals surface area (Å²) in [6, 6.07) is 13.2. The van der Waals surface area contributed by atoms with Crippen LogP contribution >= 0.6 is 0 Å². The first-order valence-electron chi connectivity index (χ1n) is 9.61. The van der Waals surface area contributed by atoms with Crippen molar-refractivity contribution in [2.75, 3.05) is 11.9 Å². The third-order valence-electron chi connectivity index (χ3n) is 4.23. The third-order valence-corrected chi connectivity index (χ3v) is 5.55. The van der Waals surface area contributed by atoms with Crippen molar-refractivity contribution >= 4 is 22.0 Å². The van der Waals surface area contributed by atoms with Crippen LogP contribution in [0.3, 0.4) is 0 Å². The third kappa shape index (κ3) is 11.7. The van der Waals surface area contributed by atoms with E-state index < -0.39 is 34.2 Å². The molecule has 0 spiro atoms. The second-order valence-electron chi connectivity index (χ2n) is 7.32. The molecule has 0 saturated heterocycles. The molecular formula is C21H24F6N2O3S. The number of carbonyl (C=O) groups excluding carboxylic acids is 1. The number of benzene rings is 2. The van der Waals surface area contributed by atoms with Gasteiger partial charge in [-0.25, -0.2) is 13.1 Å². The van der Waals surface area contributed by atoms with E-state index in [0.717, 1.165) is 12.1 Å². The van der Waals surface area contributed by atoms with Crippen molar-refractivity contribution in [1.29, 1.82) is 0 Å². The number of aldehydes is 1. The van der Waals surface area contributed by atoms with Gasteiger partial charge >= 0.3 is 12.4 Å².